The Morgan fingerprint density at radius 3 is 2.70 bits per heavy atom. The highest BCUT2D eigenvalue weighted by atomic mass is 32.1. The van der Waals surface area contributed by atoms with Crippen LogP contribution in [0.2, 0.25) is 0 Å². The van der Waals surface area contributed by atoms with Crippen LogP contribution in [0.25, 0.3) is 27.5 Å². The average Bonchev–Trinajstić information content (AvgIpc) is 3.55. The minimum Gasteiger partial charge on any atom is -0.394 e. The minimum absolute atomic E-state index is 0.0292. The summed E-state index contributed by atoms with van der Waals surface area (Å²) in [6, 6.07) is 7.91. The zero-order valence-electron chi connectivity index (χ0n) is 21.5. The standard InChI is InChI=1S/C27H33N7O2S/c1-4-32(5-2)17(3)13-20-19(25(28)36)14-23(31-26(20)33-10-8-18(33)16-35)21-15-29-34-11-9-22(30-27(21)34)24-7-6-12-37-24/h6-7,9,11-12,14-15,17-18,35H,4-5,8,10,13,16H2,1-3H3,(H2,28,36)/t17-,18+/m0/s1. The molecule has 0 bridgehead atoms. The first kappa shape index (κ1) is 25.3. The lowest BCUT2D eigenvalue weighted by atomic mass is 9.95. The predicted molar refractivity (Wildman–Crippen MR) is 147 cm³/mol. The Hall–Kier alpha value is -3.34. The van der Waals surface area contributed by atoms with E-state index in [9.17, 15) is 9.90 Å². The van der Waals surface area contributed by atoms with Gasteiger partial charge < -0.3 is 20.6 Å². The fourth-order valence-electron chi connectivity index (χ4n) is 5.15. The molecular weight excluding hydrogens is 486 g/mol. The van der Waals surface area contributed by atoms with E-state index in [2.05, 4.69) is 35.7 Å². The van der Waals surface area contributed by atoms with Crippen molar-refractivity contribution in [2.75, 3.05) is 31.1 Å². The third-order valence-electron chi connectivity index (χ3n) is 7.35. The number of thiophene rings is 1. The summed E-state index contributed by atoms with van der Waals surface area (Å²) < 4.78 is 1.72. The van der Waals surface area contributed by atoms with Crippen molar-refractivity contribution in [3.8, 4) is 21.8 Å². The van der Waals surface area contributed by atoms with Crippen LogP contribution in [0.15, 0.2) is 42.0 Å². The Kier molecular flexibility index (Phi) is 7.23. The van der Waals surface area contributed by atoms with Gasteiger partial charge in [-0.3, -0.25) is 4.79 Å². The maximum absolute atomic E-state index is 12.8. The van der Waals surface area contributed by atoms with Crippen LogP contribution in [0.3, 0.4) is 0 Å². The molecule has 0 saturated carbocycles. The van der Waals surface area contributed by atoms with E-state index in [1.165, 1.54) is 0 Å². The van der Waals surface area contributed by atoms with Crippen LogP contribution >= 0.6 is 11.3 Å². The quantitative estimate of drug-likeness (QED) is 0.330. The zero-order chi connectivity index (χ0) is 26.1. The van der Waals surface area contributed by atoms with Gasteiger partial charge in [0.05, 0.1) is 40.7 Å². The number of carbonyl (C=O) groups is 1. The molecule has 37 heavy (non-hydrogen) atoms. The smallest absolute Gasteiger partial charge is 0.249 e. The first-order valence-electron chi connectivity index (χ1n) is 12.8. The fraction of sp³-hybridized carbons (Fsp3) is 0.407. The molecule has 2 atom stereocenters. The molecule has 3 N–H and O–H groups in total. The summed E-state index contributed by atoms with van der Waals surface area (Å²) in [7, 11) is 0. The van der Waals surface area contributed by atoms with E-state index in [0.29, 0.717) is 29.1 Å². The molecule has 0 unspecified atom stereocenters. The summed E-state index contributed by atoms with van der Waals surface area (Å²) in [6.07, 6.45) is 5.12. The zero-order valence-corrected chi connectivity index (χ0v) is 22.3. The van der Waals surface area contributed by atoms with Crippen molar-refractivity contribution < 1.29 is 9.90 Å². The van der Waals surface area contributed by atoms with Crippen molar-refractivity contribution in [1.29, 1.82) is 0 Å². The number of pyridine rings is 1. The normalized spacial score (nSPS) is 16.4. The van der Waals surface area contributed by atoms with Gasteiger partial charge in [-0.1, -0.05) is 19.9 Å². The van der Waals surface area contributed by atoms with Crippen LogP contribution in [0, 0.1) is 0 Å². The SMILES string of the molecule is CCN(CC)[C@@H](C)Cc1c(C(N)=O)cc(-c2cnn3ccc(-c4cccs4)nc23)nc1N1CC[C@@H]1CO. The highest BCUT2D eigenvalue weighted by molar-refractivity contribution is 7.13. The second kappa shape index (κ2) is 10.6. The fourth-order valence-corrected chi connectivity index (χ4v) is 5.84. The minimum atomic E-state index is -0.489. The molecule has 4 aromatic rings. The second-order valence-electron chi connectivity index (χ2n) is 9.43. The first-order valence-corrected chi connectivity index (χ1v) is 13.7. The lowest BCUT2D eigenvalue weighted by Gasteiger charge is -2.42. The Bertz CT molecular complexity index is 1400. The monoisotopic (exact) mass is 519 g/mol. The molecule has 4 aromatic heterocycles. The molecule has 10 heteroatoms. The molecule has 5 heterocycles. The van der Waals surface area contributed by atoms with Crippen molar-refractivity contribution in [3.05, 3.63) is 53.2 Å². The number of fused-ring (bicyclic) bond motifs is 1. The van der Waals surface area contributed by atoms with E-state index >= 15 is 0 Å². The largest absolute Gasteiger partial charge is 0.394 e. The molecule has 0 aliphatic carbocycles. The van der Waals surface area contributed by atoms with Crippen LogP contribution in [0.1, 0.15) is 43.1 Å². The molecule has 5 rings (SSSR count). The summed E-state index contributed by atoms with van der Waals surface area (Å²) >= 11 is 1.63. The van der Waals surface area contributed by atoms with Gasteiger partial charge in [0.2, 0.25) is 5.91 Å². The van der Waals surface area contributed by atoms with Crippen molar-refractivity contribution >= 4 is 28.7 Å². The number of hydrogen-bond acceptors (Lipinski definition) is 8. The van der Waals surface area contributed by atoms with E-state index in [-0.39, 0.29) is 18.7 Å². The topological polar surface area (TPSA) is 113 Å². The van der Waals surface area contributed by atoms with Gasteiger partial charge in [-0.25, -0.2) is 14.5 Å². The number of nitrogens with zero attached hydrogens (tertiary/aromatic N) is 6. The first-order chi connectivity index (χ1) is 17.9. The number of likely N-dealkylation sites (N-methyl/N-ethyl adjacent to an activating group) is 1. The second-order valence-corrected chi connectivity index (χ2v) is 10.4. The van der Waals surface area contributed by atoms with E-state index in [4.69, 9.17) is 15.7 Å². The Labute approximate surface area is 220 Å². The van der Waals surface area contributed by atoms with E-state index in [1.54, 1.807) is 28.1 Å². The van der Waals surface area contributed by atoms with Gasteiger partial charge in [0, 0.05) is 29.9 Å². The number of primary amides is 1. The number of amides is 1. The number of hydrogen-bond donors (Lipinski definition) is 2. The van der Waals surface area contributed by atoms with Gasteiger partial charge in [-0.05, 0) is 56.4 Å². The third-order valence-corrected chi connectivity index (χ3v) is 8.24. The molecule has 1 aliphatic rings. The Morgan fingerprint density at radius 2 is 2.08 bits per heavy atom. The highest BCUT2D eigenvalue weighted by Crippen LogP contribution is 2.35. The van der Waals surface area contributed by atoms with Crippen LogP contribution < -0.4 is 10.6 Å². The number of anilines is 1. The summed E-state index contributed by atoms with van der Waals surface area (Å²) in [5, 5.41) is 16.5. The number of aromatic nitrogens is 4. The summed E-state index contributed by atoms with van der Waals surface area (Å²) in [5.41, 5.74) is 10.1. The number of nitrogens with two attached hydrogens (primary N) is 1. The van der Waals surface area contributed by atoms with Crippen molar-refractivity contribution in [2.24, 2.45) is 5.73 Å². The predicted octanol–water partition coefficient (Wildman–Crippen LogP) is 3.46. The van der Waals surface area contributed by atoms with Crippen molar-refractivity contribution in [2.45, 2.75) is 45.7 Å². The molecule has 9 nitrogen and oxygen atoms in total. The third kappa shape index (κ3) is 4.72. The molecule has 0 radical (unpaired) electrons. The number of rotatable bonds is 10. The van der Waals surface area contributed by atoms with Crippen LogP contribution in [0.5, 0.6) is 0 Å². The summed E-state index contributed by atoms with van der Waals surface area (Å²) in [6.45, 7) is 9.06. The molecule has 0 spiro atoms. The van der Waals surface area contributed by atoms with Gasteiger partial charge in [-0.15, -0.1) is 11.3 Å². The lowest BCUT2D eigenvalue weighted by Crippen LogP contribution is -2.51. The van der Waals surface area contributed by atoms with Gasteiger partial charge in [-0.2, -0.15) is 5.10 Å². The van der Waals surface area contributed by atoms with Gasteiger partial charge in [0.25, 0.3) is 0 Å². The van der Waals surface area contributed by atoms with E-state index < -0.39 is 5.91 Å². The average molecular weight is 520 g/mol. The van der Waals surface area contributed by atoms with Crippen molar-refractivity contribution in [3.63, 3.8) is 0 Å². The number of aliphatic hydroxyl groups is 1. The Morgan fingerprint density at radius 1 is 1.27 bits per heavy atom. The molecule has 1 fully saturated rings. The molecular formula is C27H33N7O2S. The highest BCUT2D eigenvalue weighted by Gasteiger charge is 2.33. The summed E-state index contributed by atoms with van der Waals surface area (Å²) in [4.78, 5) is 28.3. The van der Waals surface area contributed by atoms with Crippen LogP contribution in [-0.2, 0) is 6.42 Å². The van der Waals surface area contributed by atoms with Crippen LogP contribution in [0.4, 0.5) is 5.82 Å². The molecule has 1 aliphatic heterocycles. The van der Waals surface area contributed by atoms with E-state index in [1.807, 2.05) is 29.8 Å². The van der Waals surface area contributed by atoms with Gasteiger partial charge in [0.15, 0.2) is 5.65 Å². The lowest BCUT2D eigenvalue weighted by molar-refractivity contribution is 0.0999. The van der Waals surface area contributed by atoms with E-state index in [0.717, 1.165) is 47.8 Å². The summed E-state index contributed by atoms with van der Waals surface area (Å²) in [5.74, 6) is 0.223. The number of aliphatic hydroxyl groups excluding tert-OH is 1. The molecule has 1 amide bonds. The van der Waals surface area contributed by atoms with Crippen molar-refractivity contribution in [1.82, 2.24) is 24.5 Å². The molecule has 194 valence electrons. The molecule has 0 aromatic carbocycles. The maximum Gasteiger partial charge on any atom is 0.249 e. The van der Waals surface area contributed by atoms with Gasteiger partial charge in [0.1, 0.15) is 5.82 Å². The maximum atomic E-state index is 12.8. The van der Waals surface area contributed by atoms with Gasteiger partial charge >= 0.3 is 0 Å². The van der Waals surface area contributed by atoms with Crippen LogP contribution in [-0.4, -0.2) is 73.8 Å². The Balaban J connectivity index is 1.66. The number of carbonyl (C=O) groups excluding carboxylic acids is 1. The molecule has 1 saturated heterocycles.